The first-order valence-corrected chi connectivity index (χ1v) is 24.0. The lowest BCUT2D eigenvalue weighted by molar-refractivity contribution is -0.337. The Kier molecular flexibility index (Phi) is 106. The van der Waals surface area contributed by atoms with Crippen molar-refractivity contribution in [1.82, 2.24) is 0 Å². The Morgan fingerprint density at radius 3 is 0.844 bits per heavy atom. The van der Waals surface area contributed by atoms with Gasteiger partial charge < -0.3 is 101 Å². The zero-order valence-corrected chi connectivity index (χ0v) is 47.7. The van der Waals surface area contributed by atoms with Crippen LogP contribution in [-0.4, -0.2) is 296 Å². The number of ether oxygens (including phenoxy) is 16. The maximum Gasteiger partial charge on any atom is 0.341 e. The molecule has 568 valence electrons. The predicted octanol–water partition coefficient (Wildman–Crippen LogP) is -1.84. The number of hydrogen-bond acceptors (Lipinski definition) is 41. The number of hydrogen-bond donors (Lipinski definition) is 5. The molecule has 0 radical (unpaired) electrons. The molecule has 0 aromatic rings. The largest absolute Gasteiger partial charge is 0.479 e. The van der Waals surface area contributed by atoms with Crippen LogP contribution in [0.3, 0.4) is 0 Å². The van der Waals surface area contributed by atoms with E-state index in [2.05, 4.69) is 96.2 Å². The van der Waals surface area contributed by atoms with Gasteiger partial charge in [0.05, 0.1) is 45.7 Å². The molecule has 0 fully saturated rings. The lowest BCUT2D eigenvalue weighted by Crippen LogP contribution is -2.27. The van der Waals surface area contributed by atoms with Crippen molar-refractivity contribution in [3.63, 3.8) is 0 Å². The van der Waals surface area contributed by atoms with E-state index in [4.69, 9.17) is 54.0 Å². The normalized spacial score (nSPS) is 9.85. The Morgan fingerprint density at radius 2 is 0.542 bits per heavy atom. The Morgan fingerprint density at radius 1 is 0.292 bits per heavy atom. The van der Waals surface area contributed by atoms with Crippen LogP contribution in [-0.2, 0) is 197 Å². The van der Waals surface area contributed by atoms with Crippen LogP contribution in [0.1, 0.15) is 58.4 Å². The second kappa shape index (κ2) is 90.6. The van der Waals surface area contributed by atoms with Crippen LogP contribution in [0.2, 0.25) is 0 Å². The summed E-state index contributed by atoms with van der Waals surface area (Å²) in [6.07, 6.45) is -1.40. The van der Waals surface area contributed by atoms with Crippen molar-refractivity contribution in [2.24, 2.45) is 0 Å². The molecule has 0 rings (SSSR count). The van der Waals surface area contributed by atoms with Gasteiger partial charge in [0.25, 0.3) is 32.4 Å². The zero-order valence-electron chi connectivity index (χ0n) is 47.7. The summed E-state index contributed by atoms with van der Waals surface area (Å²) in [5.41, 5.74) is 0. The summed E-state index contributed by atoms with van der Waals surface area (Å²) in [7, 11) is 0. The van der Waals surface area contributed by atoms with Crippen LogP contribution >= 0.6 is 0 Å². The third kappa shape index (κ3) is 110. The fourth-order valence-electron chi connectivity index (χ4n) is 3.36. The molecule has 0 aromatic carbocycles. The number of carbonyl (C=O) groups is 15. The molecule has 0 aromatic heterocycles. The summed E-state index contributed by atoms with van der Waals surface area (Å²) in [5.74, 6) is -10.2. The van der Waals surface area contributed by atoms with Gasteiger partial charge >= 0.3 is 59.7 Å². The fraction of sp³-hybridized carbons (Fsp3) is 0.700. The van der Waals surface area contributed by atoms with Gasteiger partial charge in [0.15, 0.2) is 39.1 Å². The quantitative estimate of drug-likeness (QED) is 0.00849. The van der Waals surface area contributed by atoms with Crippen LogP contribution in [0.4, 0.5) is 0 Å². The number of aliphatic carboxylic acids is 5. The minimum absolute atomic E-state index is 0. The standard InChI is InChI=1S/C10H16O10.2C9H14O9.2C8H12O9.6CH4/c11-7-17-8-20-19-4-3-15-1-2-16-6-10(14)18-5-9(12)13;1-7(2-17-18-6-14-5-10)15-4-9(13)16-3-8(11)12;1-7(9(13)16-4-8(11)12)15-2-3-17-18-6-14-5-10;2*9-5-14-6-17-16-2-1-13-4-8(12)15-3-7(10)11;;;;;;/h7H,1-6,8H2,(H,12,13);2*5,7H,2-4,6H2,1H3,(H,11,12);2*5H,1-4,6H2,(H,10,11);6*1H4. The molecule has 5 N–H and O–H groups in total. The van der Waals surface area contributed by atoms with Crippen LogP contribution in [0, 0.1) is 0 Å². The highest BCUT2D eigenvalue weighted by Gasteiger charge is 2.16. The first-order valence-electron chi connectivity index (χ1n) is 24.0. The highest BCUT2D eigenvalue weighted by molar-refractivity contribution is 5.78. The molecule has 2 unspecified atom stereocenters. The number of carboxylic acid groups (broad SMARTS) is 5. The molecule has 2 atom stereocenters. The van der Waals surface area contributed by atoms with E-state index in [1.807, 2.05) is 0 Å². The van der Waals surface area contributed by atoms with Crippen molar-refractivity contribution in [3.05, 3.63) is 0 Å². The summed E-state index contributed by atoms with van der Waals surface area (Å²) in [5, 5.41) is 41.1. The molecule has 46 nitrogen and oxygen atoms in total. The molecule has 0 heterocycles. The highest BCUT2D eigenvalue weighted by atomic mass is 17.2. The number of esters is 5. The molecule has 0 saturated heterocycles. The average Bonchev–Trinajstić information content (AvgIpc) is 3.68. The summed E-state index contributed by atoms with van der Waals surface area (Å²) in [4.78, 5) is 198. The molecule has 0 spiro atoms. The average molecular weight is 1430 g/mol. The lowest BCUT2D eigenvalue weighted by Gasteiger charge is -2.11. The summed E-state index contributed by atoms with van der Waals surface area (Å²) in [6, 6.07) is 0. The van der Waals surface area contributed by atoms with Crippen molar-refractivity contribution in [2.45, 2.75) is 70.6 Å². The molecule has 46 heteroatoms. The van der Waals surface area contributed by atoms with Crippen molar-refractivity contribution < 1.29 is 222 Å². The van der Waals surface area contributed by atoms with Gasteiger partial charge in [-0.05, 0) is 13.8 Å². The van der Waals surface area contributed by atoms with Gasteiger partial charge in [-0.2, -0.15) is 24.4 Å². The minimum atomic E-state index is -1.25. The third-order valence-corrected chi connectivity index (χ3v) is 6.72. The van der Waals surface area contributed by atoms with Gasteiger partial charge in [-0.15, -0.1) is 0 Å². The van der Waals surface area contributed by atoms with Crippen molar-refractivity contribution in [1.29, 1.82) is 0 Å². The summed E-state index contributed by atoms with van der Waals surface area (Å²) >= 11 is 0. The van der Waals surface area contributed by atoms with E-state index >= 15 is 0 Å². The molecule has 0 saturated carbocycles. The third-order valence-electron chi connectivity index (χ3n) is 6.72. The van der Waals surface area contributed by atoms with Gasteiger partial charge in [-0.1, -0.05) is 44.6 Å². The minimum Gasteiger partial charge on any atom is -0.479 e. The molecular weight excluding hydrogens is 1340 g/mol. The Labute approximate surface area is 550 Å². The second-order valence-electron chi connectivity index (χ2n) is 13.7. The lowest BCUT2D eigenvalue weighted by atomic mass is 10.4. The smallest absolute Gasteiger partial charge is 0.341 e. The molecule has 96 heavy (non-hydrogen) atoms. The molecule has 0 aliphatic heterocycles. The Hall–Kier alpha value is -8.59. The first kappa shape index (κ1) is 112. The van der Waals surface area contributed by atoms with Gasteiger partial charge in [-0.3, -0.25) is 24.0 Å². The highest BCUT2D eigenvalue weighted by Crippen LogP contribution is 1.97. The molecule has 0 aliphatic rings. The van der Waals surface area contributed by atoms with E-state index in [9.17, 15) is 71.9 Å². The van der Waals surface area contributed by atoms with Crippen LogP contribution in [0.5, 0.6) is 0 Å². The van der Waals surface area contributed by atoms with Crippen LogP contribution in [0.15, 0.2) is 0 Å². The molecule has 0 aliphatic carbocycles. The summed E-state index contributed by atoms with van der Waals surface area (Å²) < 4.78 is 71.6. The molecule has 0 amide bonds. The number of rotatable bonds is 58. The van der Waals surface area contributed by atoms with E-state index in [0.717, 1.165) is 0 Å². The van der Waals surface area contributed by atoms with Crippen molar-refractivity contribution in [2.75, 3.05) is 166 Å². The monoisotopic (exact) mass is 1430 g/mol. The van der Waals surface area contributed by atoms with E-state index in [0.29, 0.717) is 0 Å². The fourth-order valence-corrected chi connectivity index (χ4v) is 3.36. The summed E-state index contributed by atoms with van der Waals surface area (Å²) in [6.45, 7) is -1.96. The van der Waals surface area contributed by atoms with Crippen LogP contribution < -0.4 is 0 Å². The maximum atomic E-state index is 11.1. The topological polar surface area (TPSA) is 597 Å². The molecular formula is C50H92O46. The second-order valence-corrected chi connectivity index (χ2v) is 13.7. The van der Waals surface area contributed by atoms with E-state index in [-0.39, 0.29) is 203 Å². The van der Waals surface area contributed by atoms with Gasteiger partial charge in [-0.25, -0.2) is 72.4 Å². The SMILES string of the molecule is C.C.C.C.C.C.CC(COOCOC=O)OCC(=O)OCC(=O)O.CC(OCCOOCOC=O)C(=O)OCC(=O)O.O=COCOOCCOCC(=O)OCC(=O)O.O=COCOOCCOCC(=O)OCC(=O)O.O=COCOOCCOCCOCC(=O)OCC(=O)O. The van der Waals surface area contributed by atoms with Gasteiger partial charge in [0, 0.05) is 0 Å². The van der Waals surface area contributed by atoms with Crippen molar-refractivity contribution >= 4 is 92.1 Å². The van der Waals surface area contributed by atoms with Gasteiger partial charge in [0.1, 0.15) is 59.5 Å². The first-order chi connectivity index (χ1) is 43.1. The predicted molar refractivity (Wildman–Crippen MR) is 303 cm³/mol. The van der Waals surface area contributed by atoms with E-state index in [1.165, 1.54) is 6.92 Å². The zero-order chi connectivity index (χ0) is 68.5. The number of carbonyl (C=O) groups excluding carboxylic acids is 10. The molecule has 0 bridgehead atoms. The van der Waals surface area contributed by atoms with Crippen LogP contribution in [0.25, 0.3) is 0 Å². The van der Waals surface area contributed by atoms with Gasteiger partial charge in [0.2, 0.25) is 34.0 Å². The van der Waals surface area contributed by atoms with E-state index in [1.54, 1.807) is 6.92 Å². The Balaban J connectivity index is -0.000000103. The maximum absolute atomic E-state index is 11.1. The van der Waals surface area contributed by atoms with Crippen molar-refractivity contribution in [3.8, 4) is 0 Å². The Bertz CT molecular complexity index is 1860. The van der Waals surface area contributed by atoms with E-state index < -0.39 is 112 Å². The number of carboxylic acids is 5.